The Labute approximate surface area is 221 Å². The maximum absolute atomic E-state index is 12.4. The second kappa shape index (κ2) is 11.0. The summed E-state index contributed by atoms with van der Waals surface area (Å²) < 4.78 is 17.9. The van der Waals surface area contributed by atoms with Crippen molar-refractivity contribution in [2.24, 2.45) is 5.92 Å². The molecule has 2 fully saturated rings. The molecule has 0 spiro atoms. The Bertz CT molecular complexity index is 991. The number of nitrogens with one attached hydrogen (secondary N) is 1. The molecule has 1 saturated carbocycles. The van der Waals surface area contributed by atoms with Gasteiger partial charge in [0.1, 0.15) is 46.5 Å². The molecule has 0 unspecified atom stereocenters. The zero-order valence-corrected chi connectivity index (χ0v) is 23.0. The smallest absolute Gasteiger partial charge is 0.414 e. The summed E-state index contributed by atoms with van der Waals surface area (Å²) in [4.78, 5) is 23.9. The van der Waals surface area contributed by atoms with Crippen LogP contribution >= 0.6 is 11.6 Å². The van der Waals surface area contributed by atoms with Gasteiger partial charge in [-0.2, -0.15) is 0 Å². The monoisotopic (exact) mass is 538 g/mol. The van der Waals surface area contributed by atoms with E-state index in [9.17, 15) is 14.7 Å². The summed E-state index contributed by atoms with van der Waals surface area (Å²) in [5.41, 5.74) is 2.27. The highest BCUT2D eigenvalue weighted by atomic mass is 35.5. The molecule has 2 aliphatic heterocycles. The standard InChI is InChI=1S/C27H36ClNO6S/c1-17(2)9-10-21-26(3,35-21)24-23(33-4)20(34-25(31)29-22(30)13-28)11-12-27(24,32)16-36-14-18-7-5-6-8-19(18)15-36/h5-9,20-21,23-24,32H,10-16H2,1-4H3/p+1/t20-,21-,23-,24-,26+,27+/m1/s1. The fourth-order valence-corrected chi connectivity index (χ4v) is 8.79. The Balaban J connectivity index is 1.57. The lowest BCUT2D eigenvalue weighted by Gasteiger charge is -2.48. The third-order valence-corrected chi connectivity index (χ3v) is 10.2. The van der Waals surface area contributed by atoms with E-state index in [1.165, 1.54) is 16.7 Å². The number of epoxide rings is 1. The van der Waals surface area contributed by atoms with Gasteiger partial charge in [0, 0.05) is 18.2 Å². The topological polar surface area (TPSA) is 97.4 Å². The molecule has 1 aromatic rings. The van der Waals surface area contributed by atoms with E-state index in [0.717, 1.165) is 17.9 Å². The number of carbonyl (C=O) groups excluding carboxylic acids is 2. The van der Waals surface area contributed by atoms with Crippen molar-refractivity contribution in [3.05, 3.63) is 47.0 Å². The van der Waals surface area contributed by atoms with Crippen LogP contribution in [0.5, 0.6) is 0 Å². The van der Waals surface area contributed by atoms with Gasteiger partial charge in [-0.15, -0.1) is 11.6 Å². The van der Waals surface area contributed by atoms with E-state index in [1.807, 2.05) is 6.92 Å². The highest BCUT2D eigenvalue weighted by Gasteiger charge is 2.69. The van der Waals surface area contributed by atoms with E-state index in [4.69, 9.17) is 25.8 Å². The summed E-state index contributed by atoms with van der Waals surface area (Å²) in [6.07, 6.45) is 1.64. The average Bonchev–Trinajstić information content (AvgIpc) is 3.31. The first-order valence-corrected chi connectivity index (χ1v) is 14.7. The van der Waals surface area contributed by atoms with E-state index in [0.29, 0.717) is 18.6 Å². The van der Waals surface area contributed by atoms with Crippen LogP contribution in [0.15, 0.2) is 35.9 Å². The van der Waals surface area contributed by atoms with Crippen molar-refractivity contribution in [1.82, 2.24) is 5.32 Å². The minimum atomic E-state index is -1.04. The number of alkyl carbamates (subject to hydrolysis) is 1. The van der Waals surface area contributed by atoms with Crippen molar-refractivity contribution in [1.29, 1.82) is 0 Å². The maximum atomic E-state index is 12.4. The molecule has 36 heavy (non-hydrogen) atoms. The number of amides is 2. The van der Waals surface area contributed by atoms with Gasteiger partial charge in [0.2, 0.25) is 5.91 Å². The van der Waals surface area contributed by atoms with Crippen molar-refractivity contribution in [3.8, 4) is 0 Å². The number of methoxy groups -OCH3 is 1. The van der Waals surface area contributed by atoms with Crippen LogP contribution in [-0.2, 0) is 41.4 Å². The molecule has 6 atom stereocenters. The second-order valence-electron chi connectivity index (χ2n) is 10.6. The zero-order valence-electron chi connectivity index (χ0n) is 21.4. The lowest BCUT2D eigenvalue weighted by molar-refractivity contribution is -0.170. The van der Waals surface area contributed by atoms with Crippen LogP contribution in [0, 0.1) is 5.92 Å². The third-order valence-electron chi connectivity index (χ3n) is 7.66. The molecule has 9 heteroatoms. The lowest BCUT2D eigenvalue weighted by atomic mass is 9.66. The minimum Gasteiger partial charge on any atom is -0.443 e. The molecule has 7 nitrogen and oxygen atoms in total. The zero-order chi connectivity index (χ0) is 26.1. The third kappa shape index (κ3) is 5.78. The molecule has 0 radical (unpaired) electrons. The van der Waals surface area contributed by atoms with Crippen LogP contribution in [-0.4, -0.2) is 65.4 Å². The van der Waals surface area contributed by atoms with Gasteiger partial charge in [0.15, 0.2) is 0 Å². The number of imide groups is 1. The van der Waals surface area contributed by atoms with Crippen molar-refractivity contribution in [3.63, 3.8) is 0 Å². The van der Waals surface area contributed by atoms with Gasteiger partial charge in [-0.1, -0.05) is 35.9 Å². The Morgan fingerprint density at radius 3 is 2.53 bits per heavy atom. The summed E-state index contributed by atoms with van der Waals surface area (Å²) in [5.74, 6) is 1.20. The fourth-order valence-electron chi connectivity index (χ4n) is 5.94. The van der Waals surface area contributed by atoms with Crippen LogP contribution in [0.3, 0.4) is 0 Å². The van der Waals surface area contributed by atoms with E-state index in [1.54, 1.807) is 7.11 Å². The number of ether oxygens (including phenoxy) is 3. The Morgan fingerprint density at radius 2 is 1.94 bits per heavy atom. The summed E-state index contributed by atoms with van der Waals surface area (Å²) in [7, 11) is 1.56. The molecular weight excluding hydrogens is 502 g/mol. The van der Waals surface area contributed by atoms with Crippen LogP contribution in [0.25, 0.3) is 0 Å². The number of hydrogen-bond acceptors (Lipinski definition) is 6. The van der Waals surface area contributed by atoms with Crippen molar-refractivity contribution in [2.75, 3.05) is 18.7 Å². The minimum absolute atomic E-state index is 0.0111. The SMILES string of the molecule is CO[C@@H]1[C@H](OC(=O)NC(=O)CCl)CC[C@](O)(C[S+]2Cc3ccccc3C2)[C@H]1[C@@]1(C)O[C@@H]1CC=C(C)C. The Kier molecular flexibility index (Phi) is 8.42. The highest BCUT2D eigenvalue weighted by molar-refractivity contribution is 7.95. The normalized spacial score (nSPS) is 33.5. The van der Waals surface area contributed by atoms with E-state index in [-0.39, 0.29) is 22.9 Å². The van der Waals surface area contributed by atoms with Crippen molar-refractivity contribution in [2.45, 2.75) is 81.1 Å². The van der Waals surface area contributed by atoms with Crippen LogP contribution in [0.2, 0.25) is 0 Å². The molecule has 3 aliphatic rings. The maximum Gasteiger partial charge on any atom is 0.414 e. The molecule has 1 saturated heterocycles. The van der Waals surface area contributed by atoms with E-state index in [2.05, 4.69) is 49.5 Å². The number of hydrogen-bond donors (Lipinski definition) is 2. The number of benzene rings is 1. The summed E-state index contributed by atoms with van der Waals surface area (Å²) in [5, 5.41) is 14.4. The molecule has 1 aliphatic carbocycles. The first-order valence-electron chi connectivity index (χ1n) is 12.4. The second-order valence-corrected chi connectivity index (χ2v) is 12.9. The number of rotatable bonds is 8. The highest BCUT2D eigenvalue weighted by Crippen LogP contribution is 2.55. The number of allylic oxidation sites excluding steroid dienone is 1. The lowest BCUT2D eigenvalue weighted by Crippen LogP contribution is -2.63. The van der Waals surface area contributed by atoms with Gasteiger partial charge in [-0.05, 0) is 50.9 Å². The molecule has 0 aromatic heterocycles. The predicted molar refractivity (Wildman–Crippen MR) is 141 cm³/mol. The molecule has 2 N–H and O–H groups in total. The van der Waals surface area contributed by atoms with Gasteiger partial charge in [0.05, 0.1) is 12.0 Å². The van der Waals surface area contributed by atoms with Crippen molar-refractivity contribution < 1.29 is 28.9 Å². The first-order chi connectivity index (χ1) is 17.1. The van der Waals surface area contributed by atoms with Crippen LogP contribution < -0.4 is 5.32 Å². The first kappa shape index (κ1) is 27.5. The molecule has 1 aromatic carbocycles. The summed E-state index contributed by atoms with van der Waals surface area (Å²) >= 11 is 5.51. The summed E-state index contributed by atoms with van der Waals surface area (Å²) in [6.45, 7) is 6.14. The molecule has 2 heterocycles. The Morgan fingerprint density at radius 1 is 1.28 bits per heavy atom. The van der Waals surface area contributed by atoms with Gasteiger partial charge in [-0.3, -0.25) is 10.1 Å². The summed E-state index contributed by atoms with van der Waals surface area (Å²) in [6, 6.07) is 8.49. The van der Waals surface area contributed by atoms with Crippen LogP contribution in [0.4, 0.5) is 4.79 Å². The number of fused-ring (bicyclic) bond motifs is 1. The fraction of sp³-hybridized carbons (Fsp3) is 0.630. The quantitative estimate of drug-likeness (QED) is 0.226. The average molecular weight is 539 g/mol. The van der Waals surface area contributed by atoms with Crippen LogP contribution in [0.1, 0.15) is 51.2 Å². The largest absolute Gasteiger partial charge is 0.443 e. The van der Waals surface area contributed by atoms with Gasteiger partial charge >= 0.3 is 6.09 Å². The number of aliphatic hydroxyl groups is 1. The van der Waals surface area contributed by atoms with E-state index < -0.39 is 41.3 Å². The molecule has 4 rings (SSSR count). The number of halogens is 1. The molecule has 2 amide bonds. The predicted octanol–water partition coefficient (Wildman–Crippen LogP) is 3.85. The molecular formula is C27H37ClNO6S+. The van der Waals surface area contributed by atoms with Gasteiger partial charge < -0.3 is 19.3 Å². The van der Waals surface area contributed by atoms with Crippen molar-refractivity contribution >= 4 is 34.5 Å². The molecule has 198 valence electrons. The number of carbonyl (C=O) groups is 2. The van der Waals surface area contributed by atoms with Gasteiger partial charge in [-0.25, -0.2) is 4.79 Å². The molecule has 0 bridgehead atoms. The van der Waals surface area contributed by atoms with Gasteiger partial charge in [0.25, 0.3) is 0 Å². The number of alkyl halides is 1. The Hall–Kier alpha value is -1.58. The van der Waals surface area contributed by atoms with E-state index >= 15 is 0 Å².